The molecule has 4 nitrogen and oxygen atoms in total. The van der Waals surface area contributed by atoms with Crippen LogP contribution >= 0.6 is 23.2 Å². The van der Waals surface area contributed by atoms with Gasteiger partial charge in [0.1, 0.15) is 5.82 Å². The van der Waals surface area contributed by atoms with Crippen molar-refractivity contribution in [1.29, 1.82) is 0 Å². The quantitative estimate of drug-likeness (QED) is 0.524. The first-order valence-corrected chi connectivity index (χ1v) is 8.03. The van der Waals surface area contributed by atoms with Crippen molar-refractivity contribution >= 4 is 39.8 Å². The first-order chi connectivity index (χ1) is 11.2. The van der Waals surface area contributed by atoms with Crippen molar-refractivity contribution in [3.63, 3.8) is 0 Å². The third-order valence-corrected chi connectivity index (χ3v) is 4.35. The number of benzene rings is 2. The highest BCUT2D eigenvalue weighted by atomic mass is 35.5. The third-order valence-electron chi connectivity index (χ3n) is 3.80. The molecule has 0 aliphatic rings. The van der Waals surface area contributed by atoms with Crippen molar-refractivity contribution in [2.75, 3.05) is 0 Å². The summed E-state index contributed by atoms with van der Waals surface area (Å²) in [4.78, 5) is 4.74. The summed E-state index contributed by atoms with van der Waals surface area (Å²) >= 11 is 12.3. The van der Waals surface area contributed by atoms with E-state index in [1.807, 2.05) is 34.7 Å². The molecule has 0 spiro atoms. The monoisotopic (exact) mass is 342 g/mol. The molecule has 0 fully saturated rings. The van der Waals surface area contributed by atoms with Gasteiger partial charge in [0.05, 0.1) is 10.5 Å². The van der Waals surface area contributed by atoms with E-state index in [1.165, 1.54) is 0 Å². The number of aryl methyl sites for hydroxylation is 1. The standard InChI is InChI=1S/C17H12Cl2N4/c1-2-15-20-14-6-4-3-5-12(14)17-22-21-16(23(15)17)11-8-7-10(18)9-13(11)19/h3-9H,2H2,1H3. The number of fused-ring (bicyclic) bond motifs is 3. The van der Waals surface area contributed by atoms with Gasteiger partial charge in [0.2, 0.25) is 0 Å². The molecular formula is C17H12Cl2N4. The summed E-state index contributed by atoms with van der Waals surface area (Å²) in [5, 5.41) is 10.8. The van der Waals surface area contributed by atoms with Gasteiger partial charge in [-0.05, 0) is 30.3 Å². The number of nitrogens with zero attached hydrogens (tertiary/aromatic N) is 4. The number of hydrogen-bond donors (Lipinski definition) is 0. The molecule has 0 aliphatic heterocycles. The SMILES string of the molecule is CCc1nc2ccccc2c2nnc(-c3ccc(Cl)cc3Cl)n12. The second-order valence-corrected chi connectivity index (χ2v) is 6.05. The van der Waals surface area contributed by atoms with E-state index in [4.69, 9.17) is 28.2 Å². The van der Waals surface area contributed by atoms with E-state index >= 15 is 0 Å². The fraction of sp³-hybridized carbons (Fsp3) is 0.118. The maximum absolute atomic E-state index is 6.35. The Hall–Kier alpha value is -2.17. The Morgan fingerprint density at radius 3 is 2.65 bits per heavy atom. The lowest BCUT2D eigenvalue weighted by atomic mass is 10.2. The minimum absolute atomic E-state index is 0.544. The second kappa shape index (κ2) is 5.48. The van der Waals surface area contributed by atoms with Crippen LogP contribution in [0.2, 0.25) is 10.0 Å². The van der Waals surface area contributed by atoms with Crippen LogP contribution in [0.15, 0.2) is 42.5 Å². The maximum Gasteiger partial charge on any atom is 0.171 e. The highest BCUT2D eigenvalue weighted by Crippen LogP contribution is 2.31. The highest BCUT2D eigenvalue weighted by molar-refractivity contribution is 6.36. The Balaban J connectivity index is 2.11. The molecule has 0 unspecified atom stereocenters. The Bertz CT molecular complexity index is 1040. The lowest BCUT2D eigenvalue weighted by Gasteiger charge is -2.09. The maximum atomic E-state index is 6.35. The summed E-state index contributed by atoms with van der Waals surface area (Å²) in [6, 6.07) is 13.3. The van der Waals surface area contributed by atoms with Gasteiger partial charge in [-0.3, -0.25) is 4.40 Å². The van der Waals surface area contributed by atoms with E-state index in [2.05, 4.69) is 17.1 Å². The van der Waals surface area contributed by atoms with E-state index in [9.17, 15) is 0 Å². The van der Waals surface area contributed by atoms with Crippen LogP contribution in [0, 0.1) is 0 Å². The van der Waals surface area contributed by atoms with E-state index in [-0.39, 0.29) is 0 Å². The van der Waals surface area contributed by atoms with Gasteiger partial charge in [0.15, 0.2) is 11.5 Å². The summed E-state index contributed by atoms with van der Waals surface area (Å²) < 4.78 is 1.97. The van der Waals surface area contributed by atoms with Crippen LogP contribution in [-0.2, 0) is 6.42 Å². The average Bonchev–Trinajstić information content (AvgIpc) is 2.99. The molecule has 2 aromatic heterocycles. The third kappa shape index (κ3) is 2.26. The molecular weight excluding hydrogens is 331 g/mol. The van der Waals surface area contributed by atoms with Crippen LogP contribution in [0.1, 0.15) is 12.7 Å². The molecule has 4 aromatic rings. The number of halogens is 2. The van der Waals surface area contributed by atoms with E-state index in [1.54, 1.807) is 12.1 Å². The number of hydrogen-bond acceptors (Lipinski definition) is 3. The van der Waals surface area contributed by atoms with Gasteiger partial charge >= 0.3 is 0 Å². The van der Waals surface area contributed by atoms with Crippen molar-refractivity contribution in [3.8, 4) is 11.4 Å². The van der Waals surface area contributed by atoms with Gasteiger partial charge < -0.3 is 0 Å². The number of rotatable bonds is 2. The highest BCUT2D eigenvalue weighted by Gasteiger charge is 2.17. The normalized spacial score (nSPS) is 11.4. The summed E-state index contributed by atoms with van der Waals surface area (Å²) in [5.41, 5.74) is 2.49. The average molecular weight is 343 g/mol. The lowest BCUT2D eigenvalue weighted by molar-refractivity contribution is 0.914. The van der Waals surface area contributed by atoms with Gasteiger partial charge in [-0.15, -0.1) is 10.2 Å². The van der Waals surface area contributed by atoms with Gasteiger partial charge in [0.25, 0.3) is 0 Å². The number of aromatic nitrogens is 4. The summed E-state index contributed by atoms with van der Waals surface area (Å²) in [6.45, 7) is 2.06. The number of para-hydroxylation sites is 1. The van der Waals surface area contributed by atoms with Gasteiger partial charge in [0, 0.05) is 22.4 Å². The predicted molar refractivity (Wildman–Crippen MR) is 93.1 cm³/mol. The van der Waals surface area contributed by atoms with E-state index in [0.29, 0.717) is 15.9 Å². The first-order valence-electron chi connectivity index (χ1n) is 7.27. The van der Waals surface area contributed by atoms with Crippen molar-refractivity contribution in [2.45, 2.75) is 13.3 Å². The van der Waals surface area contributed by atoms with Crippen molar-refractivity contribution in [2.24, 2.45) is 0 Å². The van der Waals surface area contributed by atoms with Crippen molar-refractivity contribution in [1.82, 2.24) is 19.6 Å². The zero-order valence-electron chi connectivity index (χ0n) is 12.3. The van der Waals surface area contributed by atoms with Gasteiger partial charge in [-0.1, -0.05) is 42.3 Å². The molecule has 0 atom stereocenters. The van der Waals surface area contributed by atoms with Gasteiger partial charge in [-0.25, -0.2) is 4.98 Å². The molecule has 0 saturated carbocycles. The van der Waals surface area contributed by atoms with Crippen molar-refractivity contribution in [3.05, 3.63) is 58.3 Å². The molecule has 0 saturated heterocycles. The second-order valence-electron chi connectivity index (χ2n) is 5.21. The lowest BCUT2D eigenvalue weighted by Crippen LogP contribution is -2.02. The minimum Gasteiger partial charge on any atom is -0.262 e. The zero-order valence-corrected chi connectivity index (χ0v) is 13.8. The summed E-state index contributed by atoms with van der Waals surface area (Å²) in [7, 11) is 0. The minimum atomic E-state index is 0.544. The van der Waals surface area contributed by atoms with E-state index < -0.39 is 0 Å². The summed E-state index contributed by atoms with van der Waals surface area (Å²) in [5.74, 6) is 1.57. The Morgan fingerprint density at radius 2 is 1.87 bits per heavy atom. The fourth-order valence-corrected chi connectivity index (χ4v) is 3.23. The predicted octanol–water partition coefficient (Wildman–Crippen LogP) is 4.81. The molecule has 0 aliphatic carbocycles. The Kier molecular flexibility index (Phi) is 3.43. The Morgan fingerprint density at radius 1 is 1.04 bits per heavy atom. The topological polar surface area (TPSA) is 43.1 Å². The molecule has 2 aromatic carbocycles. The van der Waals surface area contributed by atoms with Crippen LogP contribution in [-0.4, -0.2) is 19.6 Å². The fourth-order valence-electron chi connectivity index (χ4n) is 2.73. The Labute approximate surface area is 142 Å². The van der Waals surface area contributed by atoms with Crippen LogP contribution in [0.25, 0.3) is 27.9 Å². The van der Waals surface area contributed by atoms with Gasteiger partial charge in [-0.2, -0.15) is 0 Å². The zero-order chi connectivity index (χ0) is 16.0. The molecule has 0 bridgehead atoms. The van der Waals surface area contributed by atoms with Crippen LogP contribution < -0.4 is 0 Å². The van der Waals surface area contributed by atoms with Crippen LogP contribution in [0.3, 0.4) is 0 Å². The summed E-state index contributed by atoms with van der Waals surface area (Å²) in [6.07, 6.45) is 0.761. The van der Waals surface area contributed by atoms with Crippen molar-refractivity contribution < 1.29 is 0 Å². The molecule has 114 valence electrons. The molecule has 0 amide bonds. The molecule has 0 radical (unpaired) electrons. The van der Waals surface area contributed by atoms with E-state index in [0.717, 1.165) is 34.4 Å². The smallest absolute Gasteiger partial charge is 0.171 e. The molecule has 23 heavy (non-hydrogen) atoms. The molecule has 0 N–H and O–H groups in total. The molecule has 4 rings (SSSR count). The van der Waals surface area contributed by atoms with Crippen LogP contribution in [0.5, 0.6) is 0 Å². The molecule has 2 heterocycles. The largest absolute Gasteiger partial charge is 0.262 e. The van der Waals surface area contributed by atoms with Crippen LogP contribution in [0.4, 0.5) is 0 Å². The first kappa shape index (κ1) is 14.4. The molecule has 6 heteroatoms.